The number of hydrogen-bond acceptors (Lipinski definition) is 4. The highest BCUT2D eigenvalue weighted by Gasteiger charge is 2.05. The molecule has 4 nitrogen and oxygen atoms in total. The molecule has 0 amide bonds. The van der Waals surface area contributed by atoms with Crippen LogP contribution in [0.4, 0.5) is 0 Å². The van der Waals surface area contributed by atoms with Crippen LogP contribution in [0.5, 0.6) is 0 Å². The Morgan fingerprint density at radius 2 is 1.18 bits per heavy atom. The van der Waals surface area contributed by atoms with Gasteiger partial charge < -0.3 is 0 Å². The Balaban J connectivity index is 4.30. The second-order valence-electron chi connectivity index (χ2n) is 1.65. The highest BCUT2D eigenvalue weighted by Crippen LogP contribution is 2.07. The van der Waals surface area contributed by atoms with E-state index < -0.39 is 25.7 Å². The molecule has 0 aromatic carbocycles. The van der Waals surface area contributed by atoms with E-state index in [4.69, 9.17) is 0 Å². The Bertz CT molecular complexity index is 476. The monoisotopic (exact) mass is 212 g/mol. The molecule has 0 saturated heterocycles. The Kier molecular flexibility index (Phi) is 2.21. The van der Waals surface area contributed by atoms with Crippen LogP contribution in [-0.4, -0.2) is 16.8 Å². The zero-order valence-corrected chi connectivity index (χ0v) is 7.62. The Labute approximate surface area is 65.7 Å². The first kappa shape index (κ1) is 8.57. The van der Waals surface area contributed by atoms with E-state index in [9.17, 15) is 16.8 Å². The first-order valence-corrected chi connectivity index (χ1v) is 7.41. The average Bonchev–Trinajstić information content (AvgIpc) is 2.34. The summed E-state index contributed by atoms with van der Waals surface area (Å²) in [6.45, 7) is 0. The van der Waals surface area contributed by atoms with Gasteiger partial charge in [-0.2, -0.15) is 16.8 Å². The van der Waals surface area contributed by atoms with Gasteiger partial charge in [-0.15, -0.1) is 0 Å². The Morgan fingerprint density at radius 1 is 0.818 bits per heavy atom. The third-order valence-electron chi connectivity index (χ3n) is 1.07. The van der Waals surface area contributed by atoms with Crippen LogP contribution in [0.25, 0.3) is 0 Å². The Morgan fingerprint density at radius 3 is 1.36 bits per heavy atom. The summed E-state index contributed by atoms with van der Waals surface area (Å²) in [7, 11) is -7.89. The molecule has 0 aromatic rings. The number of rotatable bonds is 0. The molecule has 7 heteroatoms. The lowest BCUT2D eigenvalue weighted by molar-refractivity contribution is 0.628. The van der Waals surface area contributed by atoms with Crippen LogP contribution in [0.1, 0.15) is 0 Å². The summed E-state index contributed by atoms with van der Waals surface area (Å²) in [5.41, 5.74) is 0. The molecular weight excluding hydrogens is 208 g/mol. The molecule has 0 fully saturated rings. The van der Waals surface area contributed by atoms with Gasteiger partial charge in [0.25, 0.3) is 18.5 Å². The van der Waals surface area contributed by atoms with E-state index in [0.717, 1.165) is 0 Å². The van der Waals surface area contributed by atoms with Gasteiger partial charge in [0, 0.05) is 0 Å². The molecule has 1 heterocycles. The molecule has 0 aliphatic carbocycles. The van der Waals surface area contributed by atoms with E-state index in [1.54, 1.807) is 0 Å². The second-order valence-corrected chi connectivity index (χ2v) is 9.77. The van der Waals surface area contributed by atoms with Gasteiger partial charge in [0.15, 0.2) is 0 Å². The van der Waals surface area contributed by atoms with E-state index in [1.807, 2.05) is 0 Å². The lowest BCUT2D eigenvalue weighted by Crippen LogP contribution is -1.88. The molecule has 0 saturated carbocycles. The van der Waals surface area contributed by atoms with E-state index in [0.29, 0.717) is 0 Å². The summed E-state index contributed by atoms with van der Waals surface area (Å²) >= 11 is 0. The van der Waals surface area contributed by atoms with Crippen LogP contribution in [0, 0.1) is 0 Å². The van der Waals surface area contributed by atoms with Gasteiger partial charge >= 0.3 is 0 Å². The summed E-state index contributed by atoms with van der Waals surface area (Å²) in [6, 6.07) is 0. The minimum Gasteiger partial charge on any atom is -0.177 e. The fourth-order valence-corrected chi connectivity index (χ4v) is 4.69. The van der Waals surface area contributed by atoms with Crippen LogP contribution in [0.15, 0.2) is 23.0 Å². The summed E-state index contributed by atoms with van der Waals surface area (Å²) < 4.78 is 42.0. The fourth-order valence-electron chi connectivity index (χ4n) is 0.582. The van der Waals surface area contributed by atoms with Crippen LogP contribution < -0.4 is 0 Å². The summed E-state index contributed by atoms with van der Waals surface area (Å²) in [5, 5.41) is 2.39. The maximum absolute atomic E-state index is 10.5. The standard InChI is InChI=1S/C4H4O4S3/c5-9(6)11(10(7)8)3-1-2-4-11/h1-4H. The van der Waals surface area contributed by atoms with Gasteiger partial charge in [-0.1, -0.05) is 12.2 Å². The predicted molar refractivity (Wildman–Crippen MR) is 43.5 cm³/mol. The largest absolute Gasteiger partial charge is 0.256 e. The molecule has 1 aliphatic rings. The van der Waals surface area contributed by atoms with E-state index in [2.05, 4.69) is 0 Å². The highest BCUT2D eigenvalue weighted by molar-refractivity contribution is 8.64. The van der Waals surface area contributed by atoms with Gasteiger partial charge in [-0.05, 0) is 10.8 Å². The lowest BCUT2D eigenvalue weighted by atomic mass is 10.6. The average molecular weight is 212 g/mol. The molecule has 0 N–H and O–H groups in total. The van der Waals surface area contributed by atoms with Crippen molar-refractivity contribution in [1.82, 2.24) is 0 Å². The van der Waals surface area contributed by atoms with Gasteiger partial charge in [0.2, 0.25) is 0 Å². The maximum atomic E-state index is 10.5. The maximum Gasteiger partial charge on any atom is 0.256 e. The molecule has 62 valence electrons. The number of allylic oxidation sites excluding steroid dienone is 2. The van der Waals surface area contributed by atoms with Crippen LogP contribution in [0.2, 0.25) is 0 Å². The van der Waals surface area contributed by atoms with Crippen molar-refractivity contribution in [3.8, 4) is 0 Å². The first-order chi connectivity index (χ1) is 5.09. The summed E-state index contributed by atoms with van der Waals surface area (Å²) in [5.74, 6) is 0. The predicted octanol–water partition coefficient (Wildman–Crippen LogP) is -0.230. The van der Waals surface area contributed by atoms with Crippen LogP contribution in [-0.2, 0) is 25.7 Å². The molecule has 0 spiro atoms. The molecular formula is C4H4O4S3. The van der Waals surface area contributed by atoms with E-state index in [-0.39, 0.29) is 0 Å². The minimum atomic E-state index is -2.72. The normalized spacial score (nSPS) is 18.5. The number of hydrogen-bond donors (Lipinski definition) is 0. The molecule has 11 heavy (non-hydrogen) atoms. The van der Waals surface area contributed by atoms with E-state index >= 15 is 0 Å². The van der Waals surface area contributed by atoms with Crippen molar-refractivity contribution in [2.75, 3.05) is 0 Å². The molecule has 1 aliphatic heterocycles. The second kappa shape index (κ2) is 2.84. The molecule has 1 rings (SSSR count). The van der Waals surface area contributed by atoms with E-state index in [1.165, 1.54) is 23.0 Å². The van der Waals surface area contributed by atoms with Crippen molar-refractivity contribution < 1.29 is 16.8 Å². The van der Waals surface area contributed by atoms with Crippen molar-refractivity contribution in [2.45, 2.75) is 0 Å². The van der Waals surface area contributed by atoms with Gasteiger partial charge in [0.05, 0.1) is 7.15 Å². The third kappa shape index (κ3) is 1.26. The first-order valence-electron chi connectivity index (χ1n) is 2.47. The van der Waals surface area contributed by atoms with Crippen molar-refractivity contribution in [3.05, 3.63) is 23.0 Å². The molecule has 0 radical (unpaired) electrons. The smallest absolute Gasteiger partial charge is 0.177 e. The fraction of sp³-hybridized carbons (Fsp3) is 0. The van der Waals surface area contributed by atoms with Crippen LogP contribution in [0.3, 0.4) is 0 Å². The summed E-state index contributed by atoms with van der Waals surface area (Å²) in [4.78, 5) is 0. The SMILES string of the molecule is O=S(=O)=S1(=S(=O)=O)C=CC=C1. The zero-order chi connectivity index (χ0) is 8.48. The molecule has 0 unspecified atom stereocenters. The van der Waals surface area contributed by atoms with Crippen molar-refractivity contribution in [3.63, 3.8) is 0 Å². The quantitative estimate of drug-likeness (QED) is 0.556. The van der Waals surface area contributed by atoms with Crippen molar-refractivity contribution in [2.24, 2.45) is 0 Å². The van der Waals surface area contributed by atoms with Crippen molar-refractivity contribution in [1.29, 1.82) is 0 Å². The zero-order valence-electron chi connectivity index (χ0n) is 5.17. The Hall–Kier alpha value is -0.530. The third-order valence-corrected chi connectivity index (χ3v) is 8.88. The molecule has 0 aromatic heterocycles. The van der Waals surface area contributed by atoms with Gasteiger partial charge in [-0.25, -0.2) is 0 Å². The van der Waals surface area contributed by atoms with Crippen LogP contribution >= 0.6 is 0 Å². The van der Waals surface area contributed by atoms with Crippen molar-refractivity contribution >= 4 is 25.7 Å². The minimum absolute atomic E-state index is 1.19. The van der Waals surface area contributed by atoms with Gasteiger partial charge in [-0.3, -0.25) is 0 Å². The highest BCUT2D eigenvalue weighted by atomic mass is 33.1. The topological polar surface area (TPSA) is 68.3 Å². The molecule has 0 atom stereocenters. The summed E-state index contributed by atoms with van der Waals surface area (Å²) in [6.07, 6.45) is 2.84. The lowest BCUT2D eigenvalue weighted by Gasteiger charge is -1.83. The molecule has 0 bridgehead atoms. The van der Waals surface area contributed by atoms with Gasteiger partial charge in [0.1, 0.15) is 0 Å².